The zero-order valence-corrected chi connectivity index (χ0v) is 17.0. The number of esters is 1. The first-order valence-electron chi connectivity index (χ1n) is 9.58. The smallest absolute Gasteiger partial charge is 0.444 e. The Kier molecular flexibility index (Phi) is 9.38. The summed E-state index contributed by atoms with van der Waals surface area (Å²) in [4.78, 5) is 35.2. The van der Waals surface area contributed by atoms with E-state index >= 15 is 0 Å². The van der Waals surface area contributed by atoms with E-state index in [1.54, 1.807) is 27.7 Å². The highest BCUT2D eigenvalue weighted by Crippen LogP contribution is 2.21. The standard InChI is InChI=1S/C19H33NO7/c1-13(12-20-17(22)27-19(3,4)5)11-16(21)24-14(2)25-18(23)26-15-9-7-6-8-10-15/h13-15H,6-12H2,1-5H3,(H,20,22)/t13-,14?/m0/s1. The van der Waals surface area contributed by atoms with Crippen molar-refractivity contribution < 1.29 is 33.3 Å². The summed E-state index contributed by atoms with van der Waals surface area (Å²) in [5, 5.41) is 2.60. The summed E-state index contributed by atoms with van der Waals surface area (Å²) >= 11 is 0. The Labute approximate surface area is 161 Å². The molecule has 1 fully saturated rings. The van der Waals surface area contributed by atoms with E-state index in [4.69, 9.17) is 18.9 Å². The topological polar surface area (TPSA) is 100 Å². The van der Waals surface area contributed by atoms with Crippen molar-refractivity contribution in [3.8, 4) is 0 Å². The van der Waals surface area contributed by atoms with Gasteiger partial charge in [-0.05, 0) is 52.4 Å². The number of rotatable bonds is 7. The van der Waals surface area contributed by atoms with Crippen LogP contribution in [0.3, 0.4) is 0 Å². The molecule has 1 N–H and O–H groups in total. The van der Waals surface area contributed by atoms with Crippen LogP contribution in [0.4, 0.5) is 9.59 Å². The van der Waals surface area contributed by atoms with E-state index in [0.717, 1.165) is 32.1 Å². The van der Waals surface area contributed by atoms with Crippen molar-refractivity contribution >= 4 is 18.2 Å². The van der Waals surface area contributed by atoms with Gasteiger partial charge in [-0.1, -0.05) is 13.3 Å². The number of nitrogens with one attached hydrogen (secondary N) is 1. The van der Waals surface area contributed by atoms with Gasteiger partial charge < -0.3 is 24.3 Å². The monoisotopic (exact) mass is 387 g/mol. The Hall–Kier alpha value is -1.99. The molecule has 0 aromatic heterocycles. The Morgan fingerprint density at radius 1 is 1.04 bits per heavy atom. The summed E-state index contributed by atoms with van der Waals surface area (Å²) < 4.78 is 20.4. The summed E-state index contributed by atoms with van der Waals surface area (Å²) in [6, 6.07) is 0. The summed E-state index contributed by atoms with van der Waals surface area (Å²) in [7, 11) is 0. The van der Waals surface area contributed by atoms with Gasteiger partial charge in [-0.3, -0.25) is 4.79 Å². The second kappa shape index (κ2) is 11.0. The van der Waals surface area contributed by atoms with Gasteiger partial charge in [0.25, 0.3) is 0 Å². The SMILES string of the molecule is CC(OC(=O)C[C@H](C)CNC(=O)OC(C)(C)C)OC(=O)OC1CCCCC1. The molecule has 1 unspecified atom stereocenters. The molecule has 8 heteroatoms. The van der Waals surface area contributed by atoms with Gasteiger partial charge in [0.15, 0.2) is 0 Å². The minimum absolute atomic E-state index is 0.0706. The van der Waals surface area contributed by atoms with E-state index in [0.29, 0.717) is 0 Å². The molecule has 156 valence electrons. The predicted molar refractivity (Wildman–Crippen MR) is 98.0 cm³/mol. The number of ether oxygens (including phenoxy) is 4. The molecule has 0 aromatic carbocycles. The maximum absolute atomic E-state index is 11.9. The van der Waals surface area contributed by atoms with Crippen molar-refractivity contribution in [2.45, 2.75) is 91.1 Å². The molecule has 1 rings (SSSR count). The van der Waals surface area contributed by atoms with Crippen molar-refractivity contribution in [1.82, 2.24) is 5.32 Å². The van der Waals surface area contributed by atoms with Crippen LogP contribution in [0, 0.1) is 5.92 Å². The first-order chi connectivity index (χ1) is 12.5. The molecule has 2 atom stereocenters. The van der Waals surface area contributed by atoms with Crippen molar-refractivity contribution in [2.75, 3.05) is 6.54 Å². The molecular weight excluding hydrogens is 354 g/mol. The van der Waals surface area contributed by atoms with Crippen LogP contribution in [0.5, 0.6) is 0 Å². The van der Waals surface area contributed by atoms with E-state index in [-0.39, 0.29) is 25.0 Å². The van der Waals surface area contributed by atoms with Crippen LogP contribution in [0.15, 0.2) is 0 Å². The largest absolute Gasteiger partial charge is 0.511 e. The molecule has 0 radical (unpaired) electrons. The van der Waals surface area contributed by atoms with E-state index in [1.165, 1.54) is 6.92 Å². The van der Waals surface area contributed by atoms with Gasteiger partial charge in [-0.2, -0.15) is 0 Å². The van der Waals surface area contributed by atoms with Gasteiger partial charge in [0, 0.05) is 19.9 Å². The fourth-order valence-corrected chi connectivity index (χ4v) is 2.67. The van der Waals surface area contributed by atoms with Crippen molar-refractivity contribution in [1.29, 1.82) is 0 Å². The van der Waals surface area contributed by atoms with Crippen LogP contribution in [0.25, 0.3) is 0 Å². The fraction of sp³-hybridized carbons (Fsp3) is 0.842. The number of hydrogen-bond donors (Lipinski definition) is 1. The number of alkyl carbamates (subject to hydrolysis) is 1. The lowest BCUT2D eigenvalue weighted by molar-refractivity contribution is -0.170. The Balaban J connectivity index is 2.21. The number of carbonyl (C=O) groups excluding carboxylic acids is 3. The molecule has 1 aliphatic rings. The second-order valence-electron chi connectivity index (χ2n) is 8.00. The molecular formula is C19H33NO7. The average molecular weight is 387 g/mol. The average Bonchev–Trinajstić information content (AvgIpc) is 2.51. The van der Waals surface area contributed by atoms with E-state index in [9.17, 15) is 14.4 Å². The zero-order chi connectivity index (χ0) is 20.4. The Morgan fingerprint density at radius 2 is 1.67 bits per heavy atom. The van der Waals surface area contributed by atoms with Crippen molar-refractivity contribution in [3.05, 3.63) is 0 Å². The van der Waals surface area contributed by atoms with Crippen molar-refractivity contribution in [3.63, 3.8) is 0 Å². The minimum atomic E-state index is -1.03. The molecule has 0 heterocycles. The van der Waals surface area contributed by atoms with Gasteiger partial charge in [0.2, 0.25) is 6.29 Å². The predicted octanol–water partition coefficient (Wildman–Crippen LogP) is 3.91. The van der Waals surface area contributed by atoms with Crippen molar-refractivity contribution in [2.24, 2.45) is 5.92 Å². The second-order valence-corrected chi connectivity index (χ2v) is 8.00. The van der Waals surface area contributed by atoms with E-state index in [1.807, 2.05) is 0 Å². The Bertz CT molecular complexity index is 495. The molecule has 8 nitrogen and oxygen atoms in total. The van der Waals surface area contributed by atoms with Gasteiger partial charge in [0.1, 0.15) is 11.7 Å². The highest BCUT2D eigenvalue weighted by Gasteiger charge is 2.22. The molecule has 0 aromatic rings. The maximum atomic E-state index is 11.9. The number of hydrogen-bond acceptors (Lipinski definition) is 7. The fourth-order valence-electron chi connectivity index (χ4n) is 2.67. The number of amides is 1. The van der Waals surface area contributed by atoms with Crippen LogP contribution >= 0.6 is 0 Å². The van der Waals surface area contributed by atoms with E-state index in [2.05, 4.69) is 5.32 Å². The normalized spacial score (nSPS) is 17.4. The van der Waals surface area contributed by atoms with Gasteiger partial charge in [0.05, 0.1) is 0 Å². The summed E-state index contributed by atoms with van der Waals surface area (Å²) in [5.41, 5.74) is -0.578. The highest BCUT2D eigenvalue weighted by molar-refractivity contribution is 5.70. The maximum Gasteiger partial charge on any atom is 0.511 e. The van der Waals surface area contributed by atoms with Crippen LogP contribution in [0.2, 0.25) is 0 Å². The Morgan fingerprint density at radius 3 is 2.26 bits per heavy atom. The third kappa shape index (κ3) is 11.4. The lowest BCUT2D eigenvalue weighted by Crippen LogP contribution is -2.35. The zero-order valence-electron chi connectivity index (χ0n) is 17.0. The molecule has 0 bridgehead atoms. The summed E-state index contributed by atoms with van der Waals surface area (Å²) in [5.74, 6) is -0.683. The molecule has 0 aliphatic heterocycles. The third-order valence-corrected chi connectivity index (χ3v) is 3.88. The van der Waals surface area contributed by atoms with Crippen LogP contribution in [0.1, 0.15) is 73.1 Å². The summed E-state index contributed by atoms with van der Waals surface area (Å²) in [6.45, 7) is 8.84. The third-order valence-electron chi connectivity index (χ3n) is 3.88. The van der Waals surface area contributed by atoms with Gasteiger partial charge >= 0.3 is 18.2 Å². The van der Waals surface area contributed by atoms with Gasteiger partial charge in [-0.25, -0.2) is 9.59 Å². The first kappa shape index (κ1) is 23.0. The van der Waals surface area contributed by atoms with Crippen LogP contribution in [-0.4, -0.2) is 42.8 Å². The quantitative estimate of drug-likeness (QED) is 0.401. The minimum Gasteiger partial charge on any atom is -0.444 e. The highest BCUT2D eigenvalue weighted by atomic mass is 16.8. The molecule has 0 spiro atoms. The lowest BCUT2D eigenvalue weighted by atomic mass is 9.98. The molecule has 0 saturated heterocycles. The molecule has 1 amide bonds. The van der Waals surface area contributed by atoms with Gasteiger partial charge in [-0.15, -0.1) is 0 Å². The molecule has 27 heavy (non-hydrogen) atoms. The lowest BCUT2D eigenvalue weighted by Gasteiger charge is -2.22. The summed E-state index contributed by atoms with van der Waals surface area (Å²) in [6.07, 6.45) is 2.48. The molecule has 1 saturated carbocycles. The van der Waals surface area contributed by atoms with Crippen LogP contribution in [-0.2, 0) is 23.7 Å². The number of carbonyl (C=O) groups is 3. The van der Waals surface area contributed by atoms with Crippen LogP contribution < -0.4 is 5.32 Å². The first-order valence-corrected chi connectivity index (χ1v) is 9.58. The molecule has 1 aliphatic carbocycles. The van der Waals surface area contributed by atoms with E-state index < -0.39 is 30.1 Å².